The van der Waals surface area contributed by atoms with Gasteiger partial charge in [0.15, 0.2) is 6.61 Å². The average Bonchev–Trinajstić information content (AvgIpc) is 3.52. The molecule has 0 unspecified atom stereocenters. The van der Waals surface area contributed by atoms with Crippen molar-refractivity contribution < 1.29 is 32.2 Å². The second kappa shape index (κ2) is 10.3. The summed E-state index contributed by atoms with van der Waals surface area (Å²) in [5, 5.41) is 2.78. The van der Waals surface area contributed by atoms with Gasteiger partial charge in [0.2, 0.25) is 10.0 Å². The number of hydrogen-bond donors (Lipinski definition) is 1. The molecular formula is C24H31N3O7S. The van der Waals surface area contributed by atoms with Gasteiger partial charge in [-0.3, -0.25) is 9.59 Å². The molecule has 2 bridgehead atoms. The van der Waals surface area contributed by atoms with Crippen LogP contribution in [0.5, 0.6) is 0 Å². The summed E-state index contributed by atoms with van der Waals surface area (Å²) in [6, 6.07) is 4.76. The van der Waals surface area contributed by atoms with E-state index in [0.29, 0.717) is 56.8 Å². The molecule has 2 aliphatic heterocycles. The number of hydrogen-bond acceptors (Lipinski definition) is 8. The lowest BCUT2D eigenvalue weighted by atomic mass is 9.94. The summed E-state index contributed by atoms with van der Waals surface area (Å²) < 4.78 is 43.8. The first-order valence-corrected chi connectivity index (χ1v) is 13.6. The van der Waals surface area contributed by atoms with Crippen LogP contribution in [0.2, 0.25) is 0 Å². The van der Waals surface area contributed by atoms with E-state index in [0.717, 1.165) is 12.8 Å². The van der Waals surface area contributed by atoms with Gasteiger partial charge >= 0.3 is 5.97 Å². The van der Waals surface area contributed by atoms with Crippen molar-refractivity contribution in [2.45, 2.75) is 17.7 Å². The van der Waals surface area contributed by atoms with E-state index in [1.54, 1.807) is 12.1 Å². The van der Waals surface area contributed by atoms with Crippen LogP contribution in [0, 0.1) is 17.8 Å². The first-order chi connectivity index (χ1) is 16.9. The molecule has 11 heteroatoms. The lowest BCUT2D eigenvalue weighted by molar-refractivity contribution is -0.152. The Kier molecular flexibility index (Phi) is 7.10. The third-order valence-corrected chi connectivity index (χ3v) is 9.02. The Hall–Kier alpha value is -2.47. The minimum absolute atomic E-state index is 0.0949. The summed E-state index contributed by atoms with van der Waals surface area (Å²) in [6.45, 7) is 3.15. The molecule has 4 aliphatic rings. The van der Waals surface area contributed by atoms with Gasteiger partial charge in [-0.15, -0.1) is 0 Å². The lowest BCUT2D eigenvalue weighted by Crippen LogP contribution is -2.40. The third-order valence-electron chi connectivity index (χ3n) is 7.13. The van der Waals surface area contributed by atoms with E-state index in [2.05, 4.69) is 17.5 Å². The monoisotopic (exact) mass is 505 g/mol. The van der Waals surface area contributed by atoms with E-state index in [1.807, 2.05) is 4.90 Å². The first-order valence-electron chi connectivity index (χ1n) is 12.1. The third kappa shape index (κ3) is 5.23. The number of benzene rings is 1. The molecule has 3 atom stereocenters. The molecule has 1 aromatic rings. The summed E-state index contributed by atoms with van der Waals surface area (Å²) in [5.74, 6) is -0.422. The number of amides is 1. The number of esters is 1. The van der Waals surface area contributed by atoms with Crippen LogP contribution in [0.3, 0.4) is 0 Å². The summed E-state index contributed by atoms with van der Waals surface area (Å²) in [6.07, 6.45) is 5.95. The Morgan fingerprint density at radius 2 is 1.71 bits per heavy atom. The lowest BCUT2D eigenvalue weighted by Gasteiger charge is -2.31. The van der Waals surface area contributed by atoms with Gasteiger partial charge < -0.3 is 24.4 Å². The Morgan fingerprint density at radius 1 is 1.00 bits per heavy atom. The SMILES string of the molecule is O=C(COC(=O)[C@@H]1C[C@H]2C=C[C@H]1C2)Nc1cc(S(=O)(=O)N2CCOCC2)ccc1N1CCOCC1. The summed E-state index contributed by atoms with van der Waals surface area (Å²) >= 11 is 0. The molecule has 0 aromatic heterocycles. The summed E-state index contributed by atoms with van der Waals surface area (Å²) in [7, 11) is -3.74. The van der Waals surface area contributed by atoms with E-state index in [-0.39, 0.29) is 35.8 Å². The van der Waals surface area contributed by atoms with Gasteiger partial charge in [0, 0.05) is 26.2 Å². The van der Waals surface area contributed by atoms with Crippen molar-refractivity contribution in [3.8, 4) is 0 Å². The Labute approximate surface area is 205 Å². The highest BCUT2D eigenvalue weighted by molar-refractivity contribution is 7.89. The van der Waals surface area contributed by atoms with Crippen molar-refractivity contribution in [2.24, 2.45) is 17.8 Å². The normalized spacial score (nSPS) is 26.6. The maximum atomic E-state index is 13.2. The Bertz CT molecular complexity index is 1090. The fraction of sp³-hybridized carbons (Fsp3) is 0.583. The van der Waals surface area contributed by atoms with Gasteiger partial charge in [-0.25, -0.2) is 8.42 Å². The molecular weight excluding hydrogens is 474 g/mol. The van der Waals surface area contributed by atoms with Gasteiger partial charge in [0.1, 0.15) is 0 Å². The van der Waals surface area contributed by atoms with Crippen LogP contribution in [0.25, 0.3) is 0 Å². The molecule has 1 saturated carbocycles. The van der Waals surface area contributed by atoms with E-state index in [9.17, 15) is 18.0 Å². The first kappa shape index (κ1) is 24.2. The molecule has 3 fully saturated rings. The zero-order valence-corrected chi connectivity index (χ0v) is 20.4. The zero-order chi connectivity index (χ0) is 24.4. The number of morpholine rings is 2. The molecule has 190 valence electrons. The minimum atomic E-state index is -3.74. The van der Waals surface area contributed by atoms with Crippen molar-refractivity contribution in [3.05, 3.63) is 30.4 Å². The van der Waals surface area contributed by atoms with Gasteiger partial charge in [-0.05, 0) is 42.9 Å². The second-order valence-electron chi connectivity index (χ2n) is 9.34. The molecule has 2 heterocycles. The van der Waals surface area contributed by atoms with Gasteiger partial charge in [0.25, 0.3) is 5.91 Å². The fourth-order valence-corrected chi connectivity index (χ4v) is 6.71. The highest BCUT2D eigenvalue weighted by atomic mass is 32.2. The van der Waals surface area contributed by atoms with E-state index >= 15 is 0 Å². The molecule has 2 saturated heterocycles. The predicted octanol–water partition coefficient (Wildman–Crippen LogP) is 1.24. The minimum Gasteiger partial charge on any atom is -0.455 e. The molecule has 1 aromatic carbocycles. The molecule has 2 aliphatic carbocycles. The largest absolute Gasteiger partial charge is 0.455 e. The molecule has 0 spiro atoms. The number of nitrogens with one attached hydrogen (secondary N) is 1. The van der Waals surface area contributed by atoms with Crippen LogP contribution in [0.4, 0.5) is 11.4 Å². The van der Waals surface area contributed by atoms with Crippen molar-refractivity contribution in [3.63, 3.8) is 0 Å². The molecule has 1 amide bonds. The van der Waals surface area contributed by atoms with Crippen LogP contribution >= 0.6 is 0 Å². The highest BCUT2D eigenvalue weighted by Crippen LogP contribution is 2.43. The fourth-order valence-electron chi connectivity index (χ4n) is 5.27. The summed E-state index contributed by atoms with van der Waals surface area (Å²) in [4.78, 5) is 27.4. The number of ether oxygens (including phenoxy) is 3. The number of rotatable bonds is 7. The number of sulfonamides is 1. The van der Waals surface area contributed by atoms with Crippen molar-refractivity contribution >= 4 is 33.3 Å². The quantitative estimate of drug-likeness (QED) is 0.435. The van der Waals surface area contributed by atoms with E-state index in [1.165, 1.54) is 10.4 Å². The van der Waals surface area contributed by atoms with Gasteiger partial charge in [-0.2, -0.15) is 4.31 Å². The predicted molar refractivity (Wildman–Crippen MR) is 127 cm³/mol. The van der Waals surface area contributed by atoms with Gasteiger partial charge in [0.05, 0.1) is 48.6 Å². The molecule has 5 rings (SSSR count). The average molecular weight is 506 g/mol. The highest BCUT2D eigenvalue weighted by Gasteiger charge is 2.41. The van der Waals surface area contributed by atoms with E-state index < -0.39 is 22.5 Å². The van der Waals surface area contributed by atoms with Crippen molar-refractivity contribution in [2.75, 3.05) is 69.4 Å². The second-order valence-corrected chi connectivity index (χ2v) is 11.3. The summed E-state index contributed by atoms with van der Waals surface area (Å²) in [5.41, 5.74) is 1.07. The van der Waals surface area contributed by atoms with Crippen LogP contribution < -0.4 is 10.2 Å². The Balaban J connectivity index is 1.31. The van der Waals surface area contributed by atoms with Crippen LogP contribution in [-0.2, 0) is 33.8 Å². The van der Waals surface area contributed by atoms with Gasteiger partial charge in [-0.1, -0.05) is 12.2 Å². The molecule has 1 N–H and O–H groups in total. The van der Waals surface area contributed by atoms with Crippen LogP contribution in [0.1, 0.15) is 12.8 Å². The van der Waals surface area contributed by atoms with Crippen LogP contribution in [-0.4, -0.2) is 83.8 Å². The van der Waals surface area contributed by atoms with Crippen molar-refractivity contribution in [1.82, 2.24) is 4.31 Å². The van der Waals surface area contributed by atoms with Crippen molar-refractivity contribution in [1.29, 1.82) is 0 Å². The smallest absolute Gasteiger partial charge is 0.310 e. The standard InChI is InChI=1S/C24H31N3O7S/c28-23(16-34-24(29)20-14-17-1-2-18(20)13-17)25-21-15-19(35(30,31)27-7-11-33-12-8-27)3-4-22(21)26-5-9-32-10-6-26/h1-4,15,17-18,20H,5-14,16H2,(H,25,28)/t17-,18-,20+/m0/s1. The Morgan fingerprint density at radius 3 is 2.37 bits per heavy atom. The maximum absolute atomic E-state index is 13.2. The molecule has 0 radical (unpaired) electrons. The maximum Gasteiger partial charge on any atom is 0.310 e. The zero-order valence-electron chi connectivity index (χ0n) is 19.6. The van der Waals surface area contributed by atoms with Crippen LogP contribution in [0.15, 0.2) is 35.2 Å². The van der Waals surface area contributed by atoms with E-state index in [4.69, 9.17) is 14.2 Å². The molecule has 35 heavy (non-hydrogen) atoms. The number of carbonyl (C=O) groups excluding carboxylic acids is 2. The topological polar surface area (TPSA) is 114 Å². The molecule has 10 nitrogen and oxygen atoms in total. The number of nitrogens with zero attached hydrogens (tertiary/aromatic N) is 2. The number of carbonyl (C=O) groups is 2. The number of anilines is 2. The number of allylic oxidation sites excluding steroid dienone is 2. The number of fused-ring (bicyclic) bond motifs is 2.